The normalized spacial score (nSPS) is 11.2. The Bertz CT molecular complexity index is 1210. The molecule has 0 aliphatic carbocycles. The molecule has 0 saturated heterocycles. The average molecular weight is 473 g/mol. The van der Waals surface area contributed by atoms with Gasteiger partial charge in [-0.1, -0.05) is 42.5 Å². The lowest BCUT2D eigenvalue weighted by Crippen LogP contribution is -2.30. The SMILES string of the molecule is Cc1sc(N(CCc2ccc(C(N)=O)cc2)Cc2ccccc2)nc1C(=O)NS(C)(=O)=O. The smallest absolute Gasteiger partial charge is 0.284 e. The largest absolute Gasteiger partial charge is 0.366 e. The number of benzene rings is 2. The predicted octanol–water partition coefficient (Wildman–Crippen LogP) is 2.49. The molecule has 0 bridgehead atoms. The Kier molecular flexibility index (Phi) is 7.26. The number of anilines is 1. The van der Waals surface area contributed by atoms with Crippen LogP contribution >= 0.6 is 11.3 Å². The minimum Gasteiger partial charge on any atom is -0.366 e. The first-order valence-electron chi connectivity index (χ1n) is 9.79. The monoisotopic (exact) mass is 472 g/mol. The van der Waals surface area contributed by atoms with E-state index in [1.807, 2.05) is 52.1 Å². The van der Waals surface area contributed by atoms with Gasteiger partial charge in [0.15, 0.2) is 5.13 Å². The number of aryl methyl sites for hydroxylation is 1. The molecule has 3 aromatic rings. The van der Waals surface area contributed by atoms with Gasteiger partial charge in [0.05, 0.1) is 6.26 Å². The molecule has 8 nitrogen and oxygen atoms in total. The van der Waals surface area contributed by atoms with Crippen molar-refractivity contribution in [2.24, 2.45) is 5.73 Å². The van der Waals surface area contributed by atoms with Gasteiger partial charge >= 0.3 is 0 Å². The van der Waals surface area contributed by atoms with Gasteiger partial charge in [0.2, 0.25) is 15.9 Å². The van der Waals surface area contributed by atoms with Crippen molar-refractivity contribution in [2.45, 2.75) is 19.9 Å². The summed E-state index contributed by atoms with van der Waals surface area (Å²) in [4.78, 5) is 30.7. The number of nitrogens with one attached hydrogen (secondary N) is 1. The van der Waals surface area contributed by atoms with E-state index in [0.29, 0.717) is 35.1 Å². The van der Waals surface area contributed by atoms with Crippen LogP contribution in [0.3, 0.4) is 0 Å². The van der Waals surface area contributed by atoms with Crippen LogP contribution in [0.5, 0.6) is 0 Å². The molecular weight excluding hydrogens is 448 g/mol. The fraction of sp³-hybridized carbons (Fsp3) is 0.227. The maximum atomic E-state index is 12.3. The lowest BCUT2D eigenvalue weighted by Gasteiger charge is -2.22. The molecule has 1 aromatic heterocycles. The van der Waals surface area contributed by atoms with E-state index in [2.05, 4.69) is 4.98 Å². The number of amides is 2. The van der Waals surface area contributed by atoms with Crippen molar-refractivity contribution < 1.29 is 18.0 Å². The quantitative estimate of drug-likeness (QED) is 0.493. The minimum absolute atomic E-state index is 0.0966. The molecule has 2 aromatic carbocycles. The zero-order valence-corrected chi connectivity index (χ0v) is 19.4. The van der Waals surface area contributed by atoms with Crippen LogP contribution in [0.4, 0.5) is 5.13 Å². The molecular formula is C22H24N4O4S2. The number of hydrogen-bond donors (Lipinski definition) is 2. The van der Waals surface area contributed by atoms with Crippen LogP contribution < -0.4 is 15.4 Å². The third-order valence-corrected chi connectivity index (χ3v) is 6.26. The number of rotatable bonds is 9. The van der Waals surface area contributed by atoms with Gasteiger partial charge in [-0.05, 0) is 36.6 Å². The summed E-state index contributed by atoms with van der Waals surface area (Å²) in [5, 5.41) is 0.624. The van der Waals surface area contributed by atoms with Gasteiger partial charge in [0.25, 0.3) is 5.91 Å². The third kappa shape index (κ3) is 6.38. The van der Waals surface area contributed by atoms with E-state index in [0.717, 1.165) is 17.4 Å². The molecule has 3 rings (SSSR count). The Balaban J connectivity index is 1.83. The maximum Gasteiger partial charge on any atom is 0.284 e. The van der Waals surface area contributed by atoms with Gasteiger partial charge in [0.1, 0.15) is 5.69 Å². The van der Waals surface area contributed by atoms with Gasteiger partial charge < -0.3 is 10.6 Å². The van der Waals surface area contributed by atoms with Crippen LogP contribution in [0.1, 0.15) is 36.9 Å². The average Bonchev–Trinajstić information content (AvgIpc) is 3.12. The van der Waals surface area contributed by atoms with Crippen molar-refractivity contribution in [3.8, 4) is 0 Å². The number of carbonyl (C=O) groups is 2. The van der Waals surface area contributed by atoms with E-state index in [1.54, 1.807) is 19.1 Å². The number of primary amides is 1. The van der Waals surface area contributed by atoms with E-state index >= 15 is 0 Å². The summed E-state index contributed by atoms with van der Waals surface area (Å²) in [6, 6.07) is 17.0. The molecule has 1 heterocycles. The summed E-state index contributed by atoms with van der Waals surface area (Å²) in [6.45, 7) is 2.91. The molecule has 0 saturated carbocycles. The number of carbonyl (C=O) groups excluding carboxylic acids is 2. The molecule has 32 heavy (non-hydrogen) atoms. The second-order valence-corrected chi connectivity index (χ2v) is 10.3. The summed E-state index contributed by atoms with van der Waals surface area (Å²) in [6.07, 6.45) is 1.61. The molecule has 0 unspecified atom stereocenters. The van der Waals surface area contributed by atoms with Gasteiger partial charge in [0, 0.05) is 23.5 Å². The summed E-state index contributed by atoms with van der Waals surface area (Å²) < 4.78 is 24.8. The number of aromatic nitrogens is 1. The van der Waals surface area contributed by atoms with E-state index < -0.39 is 21.8 Å². The van der Waals surface area contributed by atoms with E-state index in [-0.39, 0.29) is 5.69 Å². The Morgan fingerprint density at radius 2 is 1.72 bits per heavy atom. The Hall–Kier alpha value is -3.24. The van der Waals surface area contributed by atoms with Crippen LogP contribution in [-0.2, 0) is 23.0 Å². The topological polar surface area (TPSA) is 122 Å². The summed E-state index contributed by atoms with van der Waals surface area (Å²) in [5.74, 6) is -1.21. The van der Waals surface area contributed by atoms with Crippen molar-refractivity contribution in [3.05, 3.63) is 81.9 Å². The molecule has 0 aliphatic heterocycles. The van der Waals surface area contributed by atoms with Crippen molar-refractivity contribution in [2.75, 3.05) is 17.7 Å². The molecule has 0 atom stereocenters. The zero-order chi connectivity index (χ0) is 23.3. The number of nitrogens with two attached hydrogens (primary N) is 1. The molecule has 0 spiro atoms. The molecule has 0 aliphatic rings. The van der Waals surface area contributed by atoms with Gasteiger partial charge in [-0.15, -0.1) is 11.3 Å². The van der Waals surface area contributed by atoms with Crippen molar-refractivity contribution in [1.29, 1.82) is 0 Å². The lowest BCUT2D eigenvalue weighted by atomic mass is 10.1. The van der Waals surface area contributed by atoms with E-state index in [1.165, 1.54) is 11.3 Å². The van der Waals surface area contributed by atoms with E-state index in [9.17, 15) is 18.0 Å². The summed E-state index contributed by atoms with van der Waals surface area (Å²) in [5.41, 5.74) is 7.95. The predicted molar refractivity (Wildman–Crippen MR) is 125 cm³/mol. The minimum atomic E-state index is -3.69. The zero-order valence-electron chi connectivity index (χ0n) is 17.7. The number of sulfonamides is 1. The fourth-order valence-electron chi connectivity index (χ4n) is 3.09. The highest BCUT2D eigenvalue weighted by Crippen LogP contribution is 2.27. The Morgan fingerprint density at radius 1 is 1.06 bits per heavy atom. The number of thiazole rings is 1. The maximum absolute atomic E-state index is 12.3. The Labute approximate surface area is 191 Å². The van der Waals surface area contributed by atoms with Crippen LogP contribution in [0, 0.1) is 6.92 Å². The first-order valence-corrected chi connectivity index (χ1v) is 12.5. The number of nitrogens with zero attached hydrogens (tertiary/aromatic N) is 2. The third-order valence-electron chi connectivity index (χ3n) is 4.67. The first-order chi connectivity index (χ1) is 15.1. The molecule has 0 fully saturated rings. The molecule has 2 amide bonds. The van der Waals surface area contributed by atoms with Crippen molar-refractivity contribution in [1.82, 2.24) is 9.71 Å². The van der Waals surface area contributed by atoms with Crippen LogP contribution in [-0.4, -0.2) is 38.0 Å². The fourth-order valence-corrected chi connectivity index (χ4v) is 4.46. The van der Waals surface area contributed by atoms with Crippen LogP contribution in [0.2, 0.25) is 0 Å². The van der Waals surface area contributed by atoms with Gasteiger partial charge in [-0.3, -0.25) is 9.59 Å². The van der Waals surface area contributed by atoms with Gasteiger partial charge in [-0.2, -0.15) is 0 Å². The highest BCUT2D eigenvalue weighted by Gasteiger charge is 2.21. The van der Waals surface area contributed by atoms with Crippen molar-refractivity contribution in [3.63, 3.8) is 0 Å². The highest BCUT2D eigenvalue weighted by molar-refractivity contribution is 7.89. The second-order valence-electron chi connectivity index (χ2n) is 7.32. The van der Waals surface area contributed by atoms with Gasteiger partial charge in [-0.25, -0.2) is 18.1 Å². The lowest BCUT2D eigenvalue weighted by molar-refractivity contribution is 0.0974. The molecule has 0 radical (unpaired) electrons. The van der Waals surface area contributed by atoms with E-state index in [4.69, 9.17) is 5.73 Å². The molecule has 168 valence electrons. The molecule has 3 N–H and O–H groups in total. The van der Waals surface area contributed by atoms with Crippen LogP contribution in [0.15, 0.2) is 54.6 Å². The summed E-state index contributed by atoms with van der Waals surface area (Å²) in [7, 11) is -3.69. The van der Waals surface area contributed by atoms with Crippen LogP contribution in [0.25, 0.3) is 0 Å². The number of hydrogen-bond acceptors (Lipinski definition) is 7. The Morgan fingerprint density at radius 3 is 2.31 bits per heavy atom. The highest BCUT2D eigenvalue weighted by atomic mass is 32.2. The molecule has 10 heteroatoms. The summed E-state index contributed by atoms with van der Waals surface area (Å²) >= 11 is 1.34. The standard InChI is InChI=1S/C22H24N4O4S2/c1-15-19(21(28)25-32(2,29)30)24-22(31-15)26(14-17-6-4-3-5-7-17)13-12-16-8-10-18(11-9-16)20(23)27/h3-11H,12-14H2,1-2H3,(H2,23,27)(H,25,28). The van der Waals surface area contributed by atoms with Crippen molar-refractivity contribution >= 4 is 38.3 Å². The second kappa shape index (κ2) is 9.92. The first kappa shape index (κ1) is 23.4.